The highest BCUT2D eigenvalue weighted by Crippen LogP contribution is 2.11. The predicted molar refractivity (Wildman–Crippen MR) is 75.2 cm³/mol. The van der Waals surface area contributed by atoms with Gasteiger partial charge in [-0.15, -0.1) is 0 Å². The lowest BCUT2D eigenvalue weighted by molar-refractivity contribution is 0.0956. The van der Waals surface area contributed by atoms with Gasteiger partial charge >= 0.3 is 16.3 Å². The molecule has 0 aromatic heterocycles. The van der Waals surface area contributed by atoms with Gasteiger partial charge < -0.3 is 15.0 Å². The van der Waals surface area contributed by atoms with Gasteiger partial charge in [-0.25, -0.2) is 0 Å². The van der Waals surface area contributed by atoms with Crippen molar-refractivity contribution in [1.29, 1.82) is 0 Å². The van der Waals surface area contributed by atoms with Gasteiger partial charge in [-0.2, -0.15) is 8.42 Å². The molecule has 3 N–H and O–H groups in total. The summed E-state index contributed by atoms with van der Waals surface area (Å²) < 4.78 is 34.5. The number of benzene rings is 1. The highest BCUT2D eigenvalue weighted by Gasteiger charge is 2.27. The number of amides is 1. The minimum Gasteiger partial charge on any atom is -0.423 e. The van der Waals surface area contributed by atoms with Crippen LogP contribution in [-0.4, -0.2) is 43.3 Å². The maximum Gasteiger partial charge on any atom is 0.491 e. The largest absolute Gasteiger partial charge is 0.491 e. The van der Waals surface area contributed by atoms with Crippen molar-refractivity contribution in [2.24, 2.45) is 0 Å². The maximum absolute atomic E-state index is 11.8. The standard InChI is InChI=1S/C10H12BNO6S2/c13-10(12-3-4-19-20(15,16)17)7-1-2-8-6-18-11(14)9(8)5-7/h1-2,5,14H,3-4,6H2,(H,12,13)(H,15,16,17). The van der Waals surface area contributed by atoms with E-state index in [0.29, 0.717) is 28.4 Å². The lowest BCUT2D eigenvalue weighted by Crippen LogP contribution is -2.31. The molecule has 2 rings (SSSR count). The molecule has 1 aromatic rings. The molecule has 0 aliphatic carbocycles. The molecule has 20 heavy (non-hydrogen) atoms. The quantitative estimate of drug-likeness (QED) is 0.281. The smallest absolute Gasteiger partial charge is 0.423 e. The zero-order valence-corrected chi connectivity index (χ0v) is 11.9. The second kappa shape index (κ2) is 6.14. The van der Waals surface area contributed by atoms with Crippen LogP contribution in [-0.2, 0) is 20.4 Å². The summed E-state index contributed by atoms with van der Waals surface area (Å²) in [5.74, 6) is -0.343. The van der Waals surface area contributed by atoms with Crippen LogP contribution in [0.3, 0.4) is 0 Å². The minimum atomic E-state index is -4.09. The SMILES string of the molecule is O=C(NCCSS(=O)(=O)O)c1ccc2c(c1)B(O)OC2. The topological polar surface area (TPSA) is 113 Å². The fraction of sp³-hybridized carbons (Fsp3) is 0.300. The molecule has 0 radical (unpaired) electrons. The van der Waals surface area contributed by atoms with E-state index in [9.17, 15) is 18.2 Å². The summed E-state index contributed by atoms with van der Waals surface area (Å²) in [4.78, 5) is 11.8. The number of fused-ring (bicyclic) bond motifs is 1. The van der Waals surface area contributed by atoms with Crippen molar-refractivity contribution in [2.45, 2.75) is 6.61 Å². The molecule has 1 amide bonds. The average Bonchev–Trinajstić information content (AvgIpc) is 2.75. The fourth-order valence-corrected chi connectivity index (χ4v) is 3.05. The summed E-state index contributed by atoms with van der Waals surface area (Å²) in [5.41, 5.74) is 1.74. The molecule has 0 saturated heterocycles. The van der Waals surface area contributed by atoms with Crippen molar-refractivity contribution < 1.29 is 27.4 Å². The highest BCUT2D eigenvalue weighted by atomic mass is 33.1. The van der Waals surface area contributed by atoms with E-state index in [1.165, 1.54) is 6.07 Å². The van der Waals surface area contributed by atoms with Crippen LogP contribution in [0.25, 0.3) is 0 Å². The summed E-state index contributed by atoms with van der Waals surface area (Å²) in [6, 6.07) is 4.84. The molecular formula is C10H12BNO6S2. The molecule has 1 heterocycles. The van der Waals surface area contributed by atoms with Gasteiger partial charge in [0.05, 0.1) is 6.61 Å². The van der Waals surface area contributed by atoms with E-state index in [0.717, 1.165) is 5.56 Å². The normalized spacial score (nSPS) is 14.2. The zero-order chi connectivity index (χ0) is 14.8. The zero-order valence-electron chi connectivity index (χ0n) is 10.3. The molecular weight excluding hydrogens is 305 g/mol. The Balaban J connectivity index is 1.92. The number of hydrogen-bond donors (Lipinski definition) is 3. The first-order chi connectivity index (χ1) is 9.37. The van der Waals surface area contributed by atoms with Gasteiger partial charge in [0.25, 0.3) is 5.91 Å². The van der Waals surface area contributed by atoms with E-state index < -0.39 is 16.3 Å². The third kappa shape index (κ3) is 3.96. The van der Waals surface area contributed by atoms with Gasteiger partial charge in [0.2, 0.25) is 0 Å². The Labute approximate surface area is 120 Å². The summed E-state index contributed by atoms with van der Waals surface area (Å²) in [5, 5.41) is 12.1. The van der Waals surface area contributed by atoms with E-state index >= 15 is 0 Å². The molecule has 10 heteroatoms. The molecule has 0 saturated carbocycles. The van der Waals surface area contributed by atoms with Crippen molar-refractivity contribution in [3.63, 3.8) is 0 Å². The van der Waals surface area contributed by atoms with Gasteiger partial charge in [-0.05, 0) is 34.0 Å². The lowest BCUT2D eigenvalue weighted by atomic mass is 9.79. The molecule has 0 unspecified atom stereocenters. The minimum absolute atomic E-state index is 0.0429. The summed E-state index contributed by atoms with van der Waals surface area (Å²) in [6.45, 7) is 0.406. The van der Waals surface area contributed by atoms with Crippen LogP contribution in [0.15, 0.2) is 18.2 Å². The van der Waals surface area contributed by atoms with Crippen molar-refractivity contribution in [1.82, 2.24) is 5.32 Å². The third-order valence-electron chi connectivity index (χ3n) is 2.69. The average molecular weight is 317 g/mol. The molecule has 1 aromatic carbocycles. The van der Waals surface area contributed by atoms with E-state index in [1.807, 2.05) is 0 Å². The number of hydrogen-bond acceptors (Lipinski definition) is 6. The van der Waals surface area contributed by atoms with E-state index in [1.54, 1.807) is 12.1 Å². The Hall–Kier alpha value is -1.07. The van der Waals surface area contributed by atoms with Gasteiger partial charge in [0.1, 0.15) is 0 Å². The Morgan fingerprint density at radius 2 is 2.25 bits per heavy atom. The van der Waals surface area contributed by atoms with Crippen LogP contribution >= 0.6 is 10.8 Å². The maximum atomic E-state index is 11.8. The van der Waals surface area contributed by atoms with Crippen LogP contribution in [0, 0.1) is 0 Å². The van der Waals surface area contributed by atoms with Crippen molar-refractivity contribution in [2.75, 3.05) is 12.3 Å². The molecule has 0 atom stereocenters. The molecule has 0 bridgehead atoms. The van der Waals surface area contributed by atoms with Crippen molar-refractivity contribution in [3.05, 3.63) is 29.3 Å². The van der Waals surface area contributed by atoms with Gasteiger partial charge in [-0.3, -0.25) is 9.35 Å². The molecule has 0 spiro atoms. The molecule has 0 fully saturated rings. The fourth-order valence-electron chi connectivity index (χ4n) is 1.77. The first-order valence-corrected chi connectivity index (χ1v) is 8.63. The van der Waals surface area contributed by atoms with Crippen LogP contribution in [0.4, 0.5) is 0 Å². The van der Waals surface area contributed by atoms with Crippen LogP contribution in [0.1, 0.15) is 15.9 Å². The highest BCUT2D eigenvalue weighted by molar-refractivity contribution is 8.69. The molecule has 108 valence electrons. The number of rotatable bonds is 5. The van der Waals surface area contributed by atoms with E-state index in [2.05, 4.69) is 5.32 Å². The first-order valence-electron chi connectivity index (χ1n) is 5.69. The molecule has 7 nitrogen and oxygen atoms in total. The summed E-state index contributed by atoms with van der Waals surface area (Å²) >= 11 is 0. The lowest BCUT2D eigenvalue weighted by Gasteiger charge is -2.06. The van der Waals surface area contributed by atoms with Crippen molar-refractivity contribution >= 4 is 38.4 Å². The molecule has 1 aliphatic rings. The monoisotopic (exact) mass is 317 g/mol. The van der Waals surface area contributed by atoms with E-state index in [4.69, 9.17) is 9.21 Å². The Bertz CT molecular complexity index is 620. The summed E-state index contributed by atoms with van der Waals surface area (Å²) in [6.07, 6.45) is 0. The van der Waals surface area contributed by atoms with Crippen LogP contribution in [0.2, 0.25) is 0 Å². The van der Waals surface area contributed by atoms with Crippen LogP contribution in [0.5, 0.6) is 0 Å². The van der Waals surface area contributed by atoms with Crippen molar-refractivity contribution in [3.8, 4) is 0 Å². The summed E-state index contributed by atoms with van der Waals surface area (Å²) in [7, 11) is -4.76. The predicted octanol–water partition coefficient (Wildman–Crippen LogP) is -0.830. The van der Waals surface area contributed by atoms with Gasteiger partial charge in [0, 0.05) is 17.9 Å². The number of carbonyl (C=O) groups is 1. The second-order valence-corrected chi connectivity index (χ2v) is 7.55. The van der Waals surface area contributed by atoms with Gasteiger partial charge in [-0.1, -0.05) is 6.07 Å². The number of nitrogens with one attached hydrogen (secondary N) is 1. The first kappa shape index (κ1) is 15.3. The van der Waals surface area contributed by atoms with Crippen LogP contribution < -0.4 is 10.8 Å². The second-order valence-electron chi connectivity index (χ2n) is 4.08. The third-order valence-corrected chi connectivity index (χ3v) is 4.75. The van der Waals surface area contributed by atoms with Gasteiger partial charge in [0.15, 0.2) is 0 Å². The Morgan fingerprint density at radius 1 is 1.50 bits per heavy atom. The Morgan fingerprint density at radius 3 is 2.95 bits per heavy atom. The van der Waals surface area contributed by atoms with E-state index in [-0.39, 0.29) is 18.2 Å². The number of carbonyl (C=O) groups excluding carboxylic acids is 1. The molecule has 1 aliphatic heterocycles. The Kier molecular flexibility index (Phi) is 4.71.